The average Bonchev–Trinajstić information content (AvgIpc) is 3.50. The SMILES string of the molecule is Cc1ccc(N2C[C@H](Cc3ccccc3)N3[C@H](n4nnc5ccccc54)CC[C@@H]23)cc1. The fourth-order valence-corrected chi connectivity index (χ4v) is 5.47. The van der Waals surface area contributed by atoms with E-state index in [0.29, 0.717) is 12.2 Å². The number of hydrogen-bond acceptors (Lipinski definition) is 4. The molecular weight excluding hydrogens is 382 g/mol. The summed E-state index contributed by atoms with van der Waals surface area (Å²) >= 11 is 0. The molecule has 0 amide bonds. The molecule has 0 saturated carbocycles. The van der Waals surface area contributed by atoms with Crippen LogP contribution in [0.3, 0.4) is 0 Å². The van der Waals surface area contributed by atoms with Gasteiger partial charge >= 0.3 is 0 Å². The minimum atomic E-state index is 0.238. The van der Waals surface area contributed by atoms with E-state index in [4.69, 9.17) is 0 Å². The van der Waals surface area contributed by atoms with Gasteiger partial charge in [-0.05, 0) is 56.0 Å². The van der Waals surface area contributed by atoms with Gasteiger partial charge in [0.15, 0.2) is 0 Å². The van der Waals surface area contributed by atoms with Gasteiger partial charge < -0.3 is 4.90 Å². The zero-order valence-corrected chi connectivity index (χ0v) is 17.8. The Morgan fingerprint density at radius 1 is 0.839 bits per heavy atom. The first-order chi connectivity index (χ1) is 15.3. The molecule has 2 aliphatic heterocycles. The van der Waals surface area contributed by atoms with Gasteiger partial charge in [0, 0.05) is 18.3 Å². The van der Waals surface area contributed by atoms with E-state index >= 15 is 0 Å². The van der Waals surface area contributed by atoms with Crippen LogP contribution in [-0.4, -0.2) is 38.6 Å². The van der Waals surface area contributed by atoms with E-state index in [1.807, 2.05) is 6.07 Å². The number of fused-ring (bicyclic) bond motifs is 2. The summed E-state index contributed by atoms with van der Waals surface area (Å²) in [6.45, 7) is 3.19. The number of nitrogens with zero attached hydrogens (tertiary/aromatic N) is 5. The van der Waals surface area contributed by atoms with Gasteiger partial charge in [0.25, 0.3) is 0 Å². The van der Waals surface area contributed by atoms with Crippen LogP contribution < -0.4 is 4.90 Å². The zero-order chi connectivity index (χ0) is 20.8. The minimum absolute atomic E-state index is 0.238. The first kappa shape index (κ1) is 18.6. The molecule has 0 bridgehead atoms. The molecule has 3 atom stereocenters. The number of anilines is 1. The molecule has 2 fully saturated rings. The molecule has 0 radical (unpaired) electrons. The van der Waals surface area contributed by atoms with E-state index in [0.717, 1.165) is 36.8 Å². The van der Waals surface area contributed by atoms with Crippen molar-refractivity contribution in [2.75, 3.05) is 11.4 Å². The van der Waals surface area contributed by atoms with Crippen molar-refractivity contribution >= 4 is 16.7 Å². The molecule has 0 N–H and O–H groups in total. The van der Waals surface area contributed by atoms with Crippen molar-refractivity contribution in [3.05, 3.63) is 90.0 Å². The third-order valence-electron chi connectivity index (χ3n) is 6.90. The van der Waals surface area contributed by atoms with Crippen molar-refractivity contribution in [2.45, 2.75) is 44.6 Å². The molecule has 3 heterocycles. The Hall–Kier alpha value is -3.18. The summed E-state index contributed by atoms with van der Waals surface area (Å²) in [5, 5.41) is 9.04. The predicted molar refractivity (Wildman–Crippen MR) is 124 cm³/mol. The Morgan fingerprint density at radius 2 is 1.58 bits per heavy atom. The van der Waals surface area contributed by atoms with E-state index in [1.165, 1.54) is 16.8 Å². The maximum atomic E-state index is 4.60. The second-order valence-corrected chi connectivity index (χ2v) is 8.84. The van der Waals surface area contributed by atoms with Crippen LogP contribution in [0, 0.1) is 6.92 Å². The van der Waals surface area contributed by atoms with Crippen LogP contribution >= 0.6 is 0 Å². The number of para-hydroxylation sites is 1. The second-order valence-electron chi connectivity index (χ2n) is 8.84. The molecule has 5 heteroatoms. The van der Waals surface area contributed by atoms with Crippen molar-refractivity contribution in [1.29, 1.82) is 0 Å². The van der Waals surface area contributed by atoms with Crippen molar-refractivity contribution in [1.82, 2.24) is 19.9 Å². The van der Waals surface area contributed by atoms with Crippen LogP contribution in [0.2, 0.25) is 0 Å². The first-order valence-electron chi connectivity index (χ1n) is 11.2. The summed E-state index contributed by atoms with van der Waals surface area (Å²) in [6.07, 6.45) is 3.90. The average molecular weight is 410 g/mol. The molecule has 2 saturated heterocycles. The van der Waals surface area contributed by atoms with E-state index in [2.05, 4.69) is 105 Å². The Kier molecular flexibility index (Phi) is 4.50. The Morgan fingerprint density at radius 3 is 2.42 bits per heavy atom. The van der Waals surface area contributed by atoms with Crippen LogP contribution in [0.25, 0.3) is 11.0 Å². The van der Waals surface area contributed by atoms with Gasteiger partial charge in [-0.2, -0.15) is 0 Å². The van der Waals surface area contributed by atoms with Gasteiger partial charge in [0.05, 0.1) is 11.7 Å². The van der Waals surface area contributed by atoms with Crippen LogP contribution in [0.5, 0.6) is 0 Å². The second kappa shape index (κ2) is 7.50. The highest BCUT2D eigenvalue weighted by Crippen LogP contribution is 2.43. The summed E-state index contributed by atoms with van der Waals surface area (Å²) < 4.78 is 2.16. The molecule has 3 aromatic carbocycles. The van der Waals surface area contributed by atoms with Gasteiger partial charge in [-0.3, -0.25) is 4.90 Å². The summed E-state index contributed by atoms with van der Waals surface area (Å²) in [6, 6.07) is 28.6. The zero-order valence-electron chi connectivity index (χ0n) is 17.8. The molecule has 6 rings (SSSR count). The molecule has 31 heavy (non-hydrogen) atoms. The van der Waals surface area contributed by atoms with Crippen molar-refractivity contribution < 1.29 is 0 Å². The third kappa shape index (κ3) is 3.20. The number of rotatable bonds is 4. The number of benzene rings is 3. The predicted octanol–water partition coefficient (Wildman–Crippen LogP) is 4.79. The smallest absolute Gasteiger partial charge is 0.113 e. The monoisotopic (exact) mass is 409 g/mol. The summed E-state index contributed by atoms with van der Waals surface area (Å²) in [5.41, 5.74) is 6.12. The quantitative estimate of drug-likeness (QED) is 0.486. The highest BCUT2D eigenvalue weighted by molar-refractivity contribution is 5.74. The lowest BCUT2D eigenvalue weighted by atomic mass is 10.0. The van der Waals surface area contributed by atoms with Crippen molar-refractivity contribution in [3.63, 3.8) is 0 Å². The van der Waals surface area contributed by atoms with E-state index in [1.54, 1.807) is 0 Å². The maximum Gasteiger partial charge on any atom is 0.113 e. The lowest BCUT2D eigenvalue weighted by Crippen LogP contribution is -2.40. The molecule has 0 spiro atoms. The lowest BCUT2D eigenvalue weighted by molar-refractivity contribution is 0.127. The van der Waals surface area contributed by atoms with Crippen molar-refractivity contribution in [3.8, 4) is 0 Å². The topological polar surface area (TPSA) is 37.2 Å². The Bertz CT molecular complexity index is 1180. The molecular formula is C26H27N5. The third-order valence-corrected chi connectivity index (χ3v) is 6.90. The summed E-state index contributed by atoms with van der Waals surface area (Å²) in [4.78, 5) is 5.31. The van der Waals surface area contributed by atoms with Gasteiger partial charge in [-0.25, -0.2) is 4.68 Å². The molecule has 156 valence electrons. The largest absolute Gasteiger partial charge is 0.354 e. The minimum Gasteiger partial charge on any atom is -0.354 e. The molecule has 1 aromatic heterocycles. The fraction of sp³-hybridized carbons (Fsp3) is 0.308. The van der Waals surface area contributed by atoms with E-state index in [-0.39, 0.29) is 6.17 Å². The number of aromatic nitrogens is 3. The molecule has 0 unspecified atom stereocenters. The first-order valence-corrected chi connectivity index (χ1v) is 11.2. The Balaban J connectivity index is 1.38. The van der Waals surface area contributed by atoms with E-state index < -0.39 is 0 Å². The lowest BCUT2D eigenvalue weighted by Gasteiger charge is -2.30. The van der Waals surface area contributed by atoms with Gasteiger partial charge in [-0.1, -0.05) is 65.4 Å². The maximum absolute atomic E-state index is 4.60. The van der Waals surface area contributed by atoms with Crippen LogP contribution in [0.4, 0.5) is 5.69 Å². The molecule has 5 nitrogen and oxygen atoms in total. The van der Waals surface area contributed by atoms with Gasteiger partial charge in [-0.15, -0.1) is 5.10 Å². The van der Waals surface area contributed by atoms with Crippen LogP contribution in [0.1, 0.15) is 30.1 Å². The fourth-order valence-electron chi connectivity index (χ4n) is 5.47. The molecule has 2 aliphatic rings. The van der Waals surface area contributed by atoms with Crippen LogP contribution in [-0.2, 0) is 6.42 Å². The van der Waals surface area contributed by atoms with Crippen LogP contribution in [0.15, 0.2) is 78.9 Å². The van der Waals surface area contributed by atoms with Gasteiger partial charge in [0.2, 0.25) is 0 Å². The summed E-state index contributed by atoms with van der Waals surface area (Å²) in [5.74, 6) is 0. The van der Waals surface area contributed by atoms with Crippen molar-refractivity contribution in [2.24, 2.45) is 0 Å². The normalized spacial score (nSPS) is 23.5. The van der Waals surface area contributed by atoms with E-state index in [9.17, 15) is 0 Å². The molecule has 4 aromatic rings. The number of hydrogen-bond donors (Lipinski definition) is 0. The summed E-state index contributed by atoms with van der Waals surface area (Å²) in [7, 11) is 0. The Labute approximate surface area is 182 Å². The highest BCUT2D eigenvalue weighted by Gasteiger charge is 2.48. The highest BCUT2D eigenvalue weighted by atomic mass is 15.6. The van der Waals surface area contributed by atoms with Gasteiger partial charge in [0.1, 0.15) is 11.7 Å². The standard InChI is InChI=1S/C26H27N5/c1-19-11-13-21(14-12-19)29-18-22(17-20-7-3-2-4-8-20)30-25(29)15-16-26(30)31-24-10-6-5-9-23(24)27-28-31/h2-14,22,25-26H,15-18H2,1H3/t22-,25-,26+/m0/s1. The number of aryl methyl sites for hydroxylation is 1. The molecule has 0 aliphatic carbocycles.